The molecule has 58 heavy (non-hydrogen) atoms. The van der Waals surface area contributed by atoms with Gasteiger partial charge in [0.25, 0.3) is 5.91 Å². The lowest BCUT2D eigenvalue weighted by Crippen LogP contribution is -2.57. The normalized spacial score (nSPS) is 19.8. The SMILES string of the molecule is C=C[C@@H]1C[C@]1(NC(=O)[C@@H]1C[C@@H](Oc2cc(-c3ccccc3)nc3cc(OC)ccc23)CN1)C(=O)NS(=O)(=O)N(C(=O)CCCCCCCCC(=O)O)c1ccccc1. The van der Waals surface area contributed by atoms with E-state index >= 15 is 0 Å². The van der Waals surface area contributed by atoms with E-state index in [1.165, 1.54) is 18.2 Å². The Kier molecular flexibility index (Phi) is 13.4. The zero-order chi connectivity index (χ0) is 41.3. The van der Waals surface area contributed by atoms with E-state index in [4.69, 9.17) is 19.6 Å². The monoisotopic (exact) mass is 811 g/mol. The number of nitrogens with zero attached hydrogens (tertiary/aromatic N) is 2. The minimum absolute atomic E-state index is 0.0637. The van der Waals surface area contributed by atoms with Crippen molar-refractivity contribution in [3.63, 3.8) is 0 Å². The number of fused-ring (bicyclic) bond motifs is 1. The van der Waals surface area contributed by atoms with Crippen LogP contribution >= 0.6 is 0 Å². The first-order valence-electron chi connectivity index (χ1n) is 19.5. The van der Waals surface area contributed by atoms with Gasteiger partial charge in [0.1, 0.15) is 23.1 Å². The van der Waals surface area contributed by atoms with E-state index in [1.807, 2.05) is 54.6 Å². The summed E-state index contributed by atoms with van der Waals surface area (Å²) in [5.41, 5.74) is 0.757. The summed E-state index contributed by atoms with van der Waals surface area (Å²) in [6, 6.07) is 24.1. The number of amides is 3. The molecular weight excluding hydrogens is 763 g/mol. The molecule has 1 saturated carbocycles. The molecule has 6 rings (SSSR count). The summed E-state index contributed by atoms with van der Waals surface area (Å²) in [6.07, 6.45) is 5.42. The summed E-state index contributed by atoms with van der Waals surface area (Å²) in [7, 11) is -3.17. The molecule has 1 aliphatic carbocycles. The van der Waals surface area contributed by atoms with Gasteiger partial charge in [0.15, 0.2) is 0 Å². The molecule has 0 spiro atoms. The summed E-state index contributed by atoms with van der Waals surface area (Å²) in [4.78, 5) is 56.7. The van der Waals surface area contributed by atoms with Crippen molar-refractivity contribution in [3.8, 4) is 22.8 Å². The first-order chi connectivity index (χ1) is 27.9. The smallest absolute Gasteiger partial charge is 0.332 e. The predicted molar refractivity (Wildman–Crippen MR) is 219 cm³/mol. The largest absolute Gasteiger partial charge is 0.497 e. The molecule has 4 atom stereocenters. The second-order valence-corrected chi connectivity index (χ2v) is 16.2. The highest BCUT2D eigenvalue weighted by Crippen LogP contribution is 2.45. The van der Waals surface area contributed by atoms with Gasteiger partial charge in [-0.05, 0) is 43.5 Å². The van der Waals surface area contributed by atoms with Gasteiger partial charge in [-0.1, -0.05) is 80.3 Å². The standard InChI is InChI=1S/C43H49N5O9S/c1-3-30-27-43(30,42(53)47-58(54,55)48(31-18-12-9-13-19-31)39(49)20-14-6-4-5-7-15-21-40(50)51)46-41(52)37-25-33(28-44-37)57-38-26-35(29-16-10-8-11-17-29)45-36-24-32(56-2)22-23-34(36)38/h3,8-13,16-19,22-24,26,30,33,37,44H,1,4-7,14-15,20-21,25,27-28H2,2H3,(H,46,52)(H,47,53)(H,50,51)/t30-,33-,37+,43-/m1/s1. The third-order valence-corrected chi connectivity index (χ3v) is 11.8. The Morgan fingerprint density at radius 2 is 1.62 bits per heavy atom. The minimum atomic E-state index is -4.76. The van der Waals surface area contributed by atoms with Gasteiger partial charge in [-0.15, -0.1) is 6.58 Å². The van der Waals surface area contributed by atoms with E-state index in [2.05, 4.69) is 21.9 Å². The molecule has 1 aromatic heterocycles. The number of pyridine rings is 1. The second-order valence-electron chi connectivity index (χ2n) is 14.6. The van der Waals surface area contributed by atoms with Crippen LogP contribution in [-0.4, -0.2) is 73.5 Å². The van der Waals surface area contributed by atoms with Crippen molar-refractivity contribution in [2.24, 2.45) is 5.92 Å². The summed E-state index contributed by atoms with van der Waals surface area (Å²) < 4.78 is 42.3. The average molecular weight is 812 g/mol. The summed E-state index contributed by atoms with van der Waals surface area (Å²) >= 11 is 0. The highest BCUT2D eigenvalue weighted by molar-refractivity contribution is 7.92. The predicted octanol–water partition coefficient (Wildman–Crippen LogP) is 5.68. The average Bonchev–Trinajstić information content (AvgIpc) is 3.74. The molecule has 0 unspecified atom stereocenters. The number of carbonyl (C=O) groups excluding carboxylic acids is 3. The number of ether oxygens (including phenoxy) is 2. The molecule has 0 bridgehead atoms. The Balaban J connectivity index is 1.10. The van der Waals surface area contributed by atoms with E-state index in [1.54, 1.807) is 25.3 Å². The summed E-state index contributed by atoms with van der Waals surface area (Å²) in [5, 5.41) is 15.6. The fourth-order valence-electron chi connectivity index (χ4n) is 7.27. The number of benzene rings is 3. The zero-order valence-electron chi connectivity index (χ0n) is 32.4. The third-order valence-electron chi connectivity index (χ3n) is 10.5. The van der Waals surface area contributed by atoms with Gasteiger partial charge >= 0.3 is 16.2 Å². The van der Waals surface area contributed by atoms with Crippen LogP contribution in [0, 0.1) is 5.92 Å². The number of hydrogen-bond donors (Lipinski definition) is 4. The van der Waals surface area contributed by atoms with Crippen LogP contribution in [0.4, 0.5) is 5.69 Å². The summed E-state index contributed by atoms with van der Waals surface area (Å²) in [6.45, 7) is 4.12. The number of anilines is 1. The molecule has 4 N–H and O–H groups in total. The Bertz CT molecular complexity index is 2240. The molecule has 15 heteroatoms. The van der Waals surface area contributed by atoms with Crippen molar-refractivity contribution in [1.29, 1.82) is 0 Å². The van der Waals surface area contributed by atoms with Crippen LogP contribution in [0.3, 0.4) is 0 Å². The van der Waals surface area contributed by atoms with Crippen LogP contribution in [0.25, 0.3) is 22.2 Å². The molecule has 0 radical (unpaired) electrons. The Morgan fingerprint density at radius 1 is 0.948 bits per heavy atom. The molecule has 4 aromatic rings. The molecule has 3 amide bonds. The van der Waals surface area contributed by atoms with E-state index in [-0.39, 0.29) is 31.4 Å². The van der Waals surface area contributed by atoms with Crippen LogP contribution in [-0.2, 0) is 29.4 Å². The molecule has 2 fully saturated rings. The quantitative estimate of drug-likeness (QED) is 0.0634. The lowest BCUT2D eigenvalue weighted by atomic mass is 10.1. The maximum Gasteiger partial charge on any atom is 0.332 e. The lowest BCUT2D eigenvalue weighted by Gasteiger charge is -2.25. The van der Waals surface area contributed by atoms with Crippen molar-refractivity contribution in [2.45, 2.75) is 81.9 Å². The fourth-order valence-corrected chi connectivity index (χ4v) is 8.53. The lowest BCUT2D eigenvalue weighted by molar-refractivity contribution is -0.137. The molecule has 2 aliphatic rings. The van der Waals surface area contributed by atoms with Gasteiger partial charge in [-0.3, -0.25) is 19.2 Å². The van der Waals surface area contributed by atoms with Crippen molar-refractivity contribution >= 4 is 50.5 Å². The molecule has 1 saturated heterocycles. The first kappa shape index (κ1) is 41.8. The van der Waals surface area contributed by atoms with E-state index in [9.17, 15) is 27.6 Å². The number of unbranched alkanes of at least 4 members (excludes halogenated alkanes) is 5. The van der Waals surface area contributed by atoms with Crippen LogP contribution in [0.15, 0.2) is 97.6 Å². The van der Waals surface area contributed by atoms with Gasteiger partial charge in [0.05, 0.1) is 30.0 Å². The number of aromatic nitrogens is 1. The van der Waals surface area contributed by atoms with Crippen molar-refractivity contribution < 1.29 is 42.2 Å². The van der Waals surface area contributed by atoms with Gasteiger partial charge < -0.3 is 25.2 Å². The Morgan fingerprint density at radius 3 is 2.28 bits per heavy atom. The number of methoxy groups -OCH3 is 1. The Labute approximate surface area is 338 Å². The maximum absolute atomic E-state index is 13.9. The highest BCUT2D eigenvalue weighted by atomic mass is 32.2. The highest BCUT2D eigenvalue weighted by Gasteiger charge is 2.61. The number of aliphatic carboxylic acids is 1. The van der Waals surface area contributed by atoms with Crippen LogP contribution in [0.5, 0.6) is 11.5 Å². The van der Waals surface area contributed by atoms with E-state index < -0.39 is 57.5 Å². The Hall–Kier alpha value is -5.80. The van der Waals surface area contributed by atoms with Crippen molar-refractivity contribution in [2.75, 3.05) is 18.0 Å². The zero-order valence-corrected chi connectivity index (χ0v) is 33.2. The third kappa shape index (κ3) is 10.0. The molecule has 3 aromatic carbocycles. The second kappa shape index (κ2) is 18.6. The molecular formula is C43H49N5O9S. The van der Waals surface area contributed by atoms with E-state index in [0.717, 1.165) is 30.2 Å². The molecule has 14 nitrogen and oxygen atoms in total. The van der Waals surface area contributed by atoms with Crippen LogP contribution in [0.2, 0.25) is 0 Å². The van der Waals surface area contributed by atoms with Crippen molar-refractivity contribution in [1.82, 2.24) is 20.3 Å². The fraction of sp³-hybridized carbons (Fsp3) is 0.372. The number of para-hydroxylation sites is 1. The molecule has 1 aliphatic heterocycles. The number of hydrogen-bond acceptors (Lipinski definition) is 10. The molecule has 306 valence electrons. The number of carbonyl (C=O) groups is 4. The minimum Gasteiger partial charge on any atom is -0.497 e. The number of rotatable bonds is 20. The van der Waals surface area contributed by atoms with Gasteiger partial charge in [-0.25, -0.2) is 9.71 Å². The summed E-state index contributed by atoms with van der Waals surface area (Å²) in [5.74, 6) is -2.35. The van der Waals surface area contributed by atoms with Gasteiger partial charge in [0.2, 0.25) is 11.8 Å². The molecule has 2 heterocycles. The number of nitrogens with one attached hydrogen (secondary N) is 3. The first-order valence-corrected chi connectivity index (χ1v) is 20.9. The van der Waals surface area contributed by atoms with Crippen molar-refractivity contribution in [3.05, 3.63) is 97.6 Å². The number of carboxylic acid groups (broad SMARTS) is 1. The number of carboxylic acids is 1. The van der Waals surface area contributed by atoms with Crippen LogP contribution < -0.4 is 29.1 Å². The topological polar surface area (TPSA) is 193 Å². The van der Waals surface area contributed by atoms with Crippen LogP contribution in [0.1, 0.15) is 64.2 Å². The van der Waals surface area contributed by atoms with E-state index in [0.29, 0.717) is 52.8 Å². The van der Waals surface area contributed by atoms with Gasteiger partial charge in [0, 0.05) is 54.8 Å². The maximum atomic E-state index is 13.9. The van der Waals surface area contributed by atoms with Gasteiger partial charge in [-0.2, -0.15) is 12.7 Å².